The van der Waals surface area contributed by atoms with Gasteiger partial charge in [-0.3, -0.25) is 14.4 Å². The number of hydrogen-bond acceptors (Lipinski definition) is 5. The molecule has 6 nitrogen and oxygen atoms in total. The zero-order valence-electron chi connectivity index (χ0n) is 13.3. The van der Waals surface area contributed by atoms with E-state index in [1.165, 1.54) is 36.4 Å². The van der Waals surface area contributed by atoms with Crippen molar-refractivity contribution in [1.82, 2.24) is 0 Å². The summed E-state index contributed by atoms with van der Waals surface area (Å²) in [5.74, 6) is -2.01. The van der Waals surface area contributed by atoms with Gasteiger partial charge in [0.15, 0.2) is 6.61 Å². The first-order valence-corrected chi connectivity index (χ1v) is 7.96. The van der Waals surface area contributed by atoms with Crippen LogP contribution in [0.2, 0.25) is 5.02 Å². The van der Waals surface area contributed by atoms with Crippen molar-refractivity contribution >= 4 is 40.9 Å². The second-order valence-electron chi connectivity index (χ2n) is 5.37. The molecule has 0 N–H and O–H groups in total. The molecule has 1 aliphatic heterocycles. The summed E-state index contributed by atoms with van der Waals surface area (Å²) < 4.78 is 5.00. The number of carbonyl (C=O) groups is 4. The quantitative estimate of drug-likeness (QED) is 0.460. The smallest absolute Gasteiger partial charge is 0.338 e. The summed E-state index contributed by atoms with van der Waals surface area (Å²) in [6, 6.07) is 12.2. The van der Waals surface area contributed by atoms with Gasteiger partial charge >= 0.3 is 5.97 Å². The highest BCUT2D eigenvalue weighted by molar-refractivity contribution is 6.34. The fourth-order valence-electron chi connectivity index (χ4n) is 2.38. The van der Waals surface area contributed by atoms with Crippen LogP contribution in [0.4, 0.5) is 5.69 Å². The van der Waals surface area contributed by atoms with Gasteiger partial charge in [0.05, 0.1) is 16.3 Å². The molecule has 0 fully saturated rings. The normalized spacial score (nSPS) is 13.2. The maximum Gasteiger partial charge on any atom is 0.338 e. The SMILES string of the molecule is O=C(OCC(=O)c1ccccc1Cl)c1ccc(N2C(=O)C=CC2=O)cc1. The van der Waals surface area contributed by atoms with E-state index in [0.717, 1.165) is 4.90 Å². The van der Waals surface area contributed by atoms with Gasteiger partial charge in [0.2, 0.25) is 5.78 Å². The lowest BCUT2D eigenvalue weighted by molar-refractivity contribution is -0.119. The monoisotopic (exact) mass is 369 g/mol. The maximum absolute atomic E-state index is 12.1. The third-order valence-corrected chi connectivity index (χ3v) is 4.01. The lowest BCUT2D eigenvalue weighted by Crippen LogP contribution is -2.29. The summed E-state index contributed by atoms with van der Waals surface area (Å²) in [4.78, 5) is 48.3. The highest BCUT2D eigenvalue weighted by Gasteiger charge is 2.25. The number of nitrogens with zero attached hydrogens (tertiary/aromatic N) is 1. The van der Waals surface area contributed by atoms with Gasteiger partial charge in [-0.25, -0.2) is 9.69 Å². The molecule has 2 amide bonds. The number of hydrogen-bond donors (Lipinski definition) is 0. The molecule has 0 radical (unpaired) electrons. The Hall–Kier alpha value is -3.25. The second-order valence-corrected chi connectivity index (χ2v) is 5.78. The van der Waals surface area contributed by atoms with Crippen molar-refractivity contribution in [1.29, 1.82) is 0 Å². The van der Waals surface area contributed by atoms with Crippen LogP contribution in [0.1, 0.15) is 20.7 Å². The first-order valence-electron chi connectivity index (χ1n) is 7.58. The Morgan fingerprint density at radius 1 is 0.923 bits per heavy atom. The number of benzene rings is 2. The van der Waals surface area contributed by atoms with Gasteiger partial charge in [0.1, 0.15) is 0 Å². The van der Waals surface area contributed by atoms with Crippen LogP contribution in [-0.4, -0.2) is 30.2 Å². The van der Waals surface area contributed by atoms with Crippen molar-refractivity contribution in [2.24, 2.45) is 0 Å². The maximum atomic E-state index is 12.1. The number of Topliss-reactive ketones (excluding diaryl/α,β-unsaturated/α-hetero) is 1. The molecular weight excluding hydrogens is 358 g/mol. The largest absolute Gasteiger partial charge is 0.454 e. The minimum absolute atomic E-state index is 0.188. The van der Waals surface area contributed by atoms with Crippen LogP contribution in [-0.2, 0) is 14.3 Å². The Bertz CT molecular complexity index is 915. The van der Waals surface area contributed by atoms with Crippen LogP contribution in [0.5, 0.6) is 0 Å². The zero-order valence-corrected chi connectivity index (χ0v) is 14.1. The van der Waals surface area contributed by atoms with E-state index in [9.17, 15) is 19.2 Å². The van der Waals surface area contributed by atoms with E-state index >= 15 is 0 Å². The standard InChI is InChI=1S/C19H12ClNO5/c20-15-4-2-1-3-14(15)16(22)11-26-19(25)12-5-7-13(8-6-12)21-17(23)9-10-18(21)24/h1-10H,11H2. The molecule has 0 bridgehead atoms. The zero-order chi connectivity index (χ0) is 18.7. The second kappa shape index (κ2) is 7.33. The molecule has 0 unspecified atom stereocenters. The summed E-state index contributed by atoms with van der Waals surface area (Å²) in [6.45, 7) is -0.447. The number of amides is 2. The Morgan fingerprint density at radius 3 is 2.15 bits per heavy atom. The average Bonchev–Trinajstić information content (AvgIpc) is 2.98. The highest BCUT2D eigenvalue weighted by atomic mass is 35.5. The van der Waals surface area contributed by atoms with Crippen LogP contribution in [0.3, 0.4) is 0 Å². The molecule has 0 aromatic heterocycles. The van der Waals surface area contributed by atoms with Crippen LogP contribution >= 0.6 is 11.6 Å². The lowest BCUT2D eigenvalue weighted by Gasteiger charge is -2.14. The molecular formula is C19H12ClNO5. The van der Waals surface area contributed by atoms with E-state index in [4.69, 9.17) is 16.3 Å². The van der Waals surface area contributed by atoms with E-state index in [1.54, 1.807) is 24.3 Å². The van der Waals surface area contributed by atoms with Crippen molar-refractivity contribution in [3.8, 4) is 0 Å². The summed E-state index contributed by atoms with van der Waals surface area (Å²) in [7, 11) is 0. The topological polar surface area (TPSA) is 80.8 Å². The van der Waals surface area contributed by atoms with Crippen molar-refractivity contribution in [3.05, 3.63) is 76.8 Å². The summed E-state index contributed by atoms with van der Waals surface area (Å²) in [6.07, 6.45) is 2.34. The molecule has 0 saturated carbocycles. The minimum Gasteiger partial charge on any atom is -0.454 e. The number of carbonyl (C=O) groups excluding carboxylic acids is 4. The molecule has 1 heterocycles. The molecule has 0 atom stereocenters. The van der Waals surface area contributed by atoms with Crippen LogP contribution in [0.25, 0.3) is 0 Å². The highest BCUT2D eigenvalue weighted by Crippen LogP contribution is 2.20. The van der Waals surface area contributed by atoms with E-state index in [0.29, 0.717) is 5.69 Å². The number of esters is 1. The van der Waals surface area contributed by atoms with E-state index < -0.39 is 30.2 Å². The Labute approximate surface area is 153 Å². The first kappa shape index (κ1) is 17.6. The summed E-state index contributed by atoms with van der Waals surface area (Å²) in [5, 5.41) is 0.284. The van der Waals surface area contributed by atoms with Gasteiger partial charge in [0, 0.05) is 17.7 Å². The van der Waals surface area contributed by atoms with Crippen LogP contribution in [0.15, 0.2) is 60.7 Å². The number of rotatable bonds is 5. The summed E-state index contributed by atoms with van der Waals surface area (Å²) in [5.41, 5.74) is 0.803. The van der Waals surface area contributed by atoms with Gasteiger partial charge in [-0.1, -0.05) is 23.7 Å². The number of halogens is 1. The molecule has 2 aromatic carbocycles. The molecule has 3 rings (SSSR count). The van der Waals surface area contributed by atoms with E-state index in [2.05, 4.69) is 0 Å². The molecule has 7 heteroatoms. The number of ketones is 1. The average molecular weight is 370 g/mol. The number of imide groups is 1. The van der Waals surface area contributed by atoms with Gasteiger partial charge < -0.3 is 4.74 Å². The van der Waals surface area contributed by atoms with Crippen molar-refractivity contribution in [3.63, 3.8) is 0 Å². The van der Waals surface area contributed by atoms with E-state index in [1.807, 2.05) is 0 Å². The van der Waals surface area contributed by atoms with Crippen molar-refractivity contribution in [2.75, 3.05) is 11.5 Å². The predicted molar refractivity (Wildman–Crippen MR) is 94.1 cm³/mol. The number of ether oxygens (including phenoxy) is 1. The fraction of sp³-hybridized carbons (Fsp3) is 0.0526. The molecule has 130 valence electrons. The minimum atomic E-state index is -0.700. The van der Waals surface area contributed by atoms with Gasteiger partial charge in [-0.2, -0.15) is 0 Å². The molecule has 2 aromatic rings. The lowest BCUT2D eigenvalue weighted by atomic mass is 10.1. The van der Waals surface area contributed by atoms with Gasteiger partial charge in [-0.05, 0) is 36.4 Å². The molecule has 26 heavy (non-hydrogen) atoms. The Kier molecular flexibility index (Phi) is 4.95. The first-order chi connectivity index (χ1) is 12.5. The molecule has 0 aliphatic carbocycles. The van der Waals surface area contributed by atoms with Crippen LogP contribution < -0.4 is 4.90 Å². The third-order valence-electron chi connectivity index (χ3n) is 3.68. The molecule has 0 saturated heterocycles. The van der Waals surface area contributed by atoms with Gasteiger partial charge in [0.25, 0.3) is 11.8 Å². The Morgan fingerprint density at radius 2 is 1.54 bits per heavy atom. The Balaban J connectivity index is 1.64. The number of anilines is 1. The van der Waals surface area contributed by atoms with E-state index in [-0.39, 0.29) is 16.1 Å². The fourth-order valence-corrected chi connectivity index (χ4v) is 2.62. The predicted octanol–water partition coefficient (Wildman–Crippen LogP) is 2.81. The third kappa shape index (κ3) is 3.55. The van der Waals surface area contributed by atoms with Crippen molar-refractivity contribution < 1.29 is 23.9 Å². The summed E-state index contributed by atoms with van der Waals surface area (Å²) >= 11 is 5.93. The molecule has 1 aliphatic rings. The van der Waals surface area contributed by atoms with Crippen LogP contribution in [0, 0.1) is 0 Å². The molecule has 0 spiro atoms. The van der Waals surface area contributed by atoms with Gasteiger partial charge in [-0.15, -0.1) is 0 Å². The van der Waals surface area contributed by atoms with Crippen molar-refractivity contribution in [2.45, 2.75) is 0 Å².